The molecule has 0 spiro atoms. The molecule has 102 valence electrons. The Kier molecular flexibility index (Phi) is 3.48. The van der Waals surface area contributed by atoms with Gasteiger partial charge in [-0.1, -0.05) is 29.6 Å². The van der Waals surface area contributed by atoms with Gasteiger partial charge in [-0.15, -0.1) is 0 Å². The number of ketones is 1. The molecule has 0 aromatic heterocycles. The normalized spacial score (nSPS) is 28.1. The van der Waals surface area contributed by atoms with Gasteiger partial charge in [0.15, 0.2) is 5.78 Å². The van der Waals surface area contributed by atoms with E-state index in [0.29, 0.717) is 39.8 Å². The van der Waals surface area contributed by atoms with Crippen LogP contribution in [-0.2, 0) is 0 Å². The van der Waals surface area contributed by atoms with Crippen molar-refractivity contribution in [2.75, 3.05) is 6.61 Å². The summed E-state index contributed by atoms with van der Waals surface area (Å²) >= 11 is 12.3. The SMILES string of the molecule is CCOc1cc(Cl)c(C(=O)C2C3CCCC32)cc1Cl. The van der Waals surface area contributed by atoms with Gasteiger partial charge in [0.1, 0.15) is 5.75 Å². The molecule has 0 bridgehead atoms. The van der Waals surface area contributed by atoms with Gasteiger partial charge in [0.25, 0.3) is 0 Å². The lowest BCUT2D eigenvalue weighted by Crippen LogP contribution is -2.07. The summed E-state index contributed by atoms with van der Waals surface area (Å²) in [5.74, 6) is 2.06. The van der Waals surface area contributed by atoms with Crippen molar-refractivity contribution in [3.63, 3.8) is 0 Å². The van der Waals surface area contributed by atoms with Crippen LogP contribution in [0.5, 0.6) is 5.75 Å². The fraction of sp³-hybridized carbons (Fsp3) is 0.533. The van der Waals surface area contributed by atoms with Gasteiger partial charge in [0, 0.05) is 17.5 Å². The van der Waals surface area contributed by atoms with Crippen LogP contribution >= 0.6 is 23.2 Å². The van der Waals surface area contributed by atoms with Gasteiger partial charge in [-0.25, -0.2) is 0 Å². The molecule has 0 heterocycles. The molecular formula is C15H16Cl2O2. The van der Waals surface area contributed by atoms with Crippen molar-refractivity contribution in [1.82, 2.24) is 0 Å². The molecule has 2 fully saturated rings. The first-order chi connectivity index (χ1) is 9.13. The smallest absolute Gasteiger partial charge is 0.168 e. The molecule has 2 atom stereocenters. The van der Waals surface area contributed by atoms with Crippen LogP contribution in [0.4, 0.5) is 0 Å². The number of carbonyl (C=O) groups is 1. The van der Waals surface area contributed by atoms with Crippen LogP contribution in [-0.4, -0.2) is 12.4 Å². The summed E-state index contributed by atoms with van der Waals surface area (Å²) in [6, 6.07) is 3.31. The molecule has 2 unspecified atom stereocenters. The molecule has 19 heavy (non-hydrogen) atoms. The molecule has 0 aliphatic heterocycles. The van der Waals surface area contributed by atoms with Crippen LogP contribution in [0.15, 0.2) is 12.1 Å². The lowest BCUT2D eigenvalue weighted by atomic mass is 10.0. The molecule has 4 heteroatoms. The van der Waals surface area contributed by atoms with Crippen molar-refractivity contribution in [2.24, 2.45) is 17.8 Å². The van der Waals surface area contributed by atoms with E-state index in [1.165, 1.54) is 19.3 Å². The van der Waals surface area contributed by atoms with Crippen LogP contribution in [0.2, 0.25) is 10.0 Å². The topological polar surface area (TPSA) is 26.3 Å². The minimum atomic E-state index is 0.157. The standard InChI is InChI=1S/C15H16Cl2O2/c1-2-19-13-7-11(16)10(6-12(13)17)15(18)14-8-4-3-5-9(8)14/h6-9,14H,2-5H2,1H3. The van der Waals surface area contributed by atoms with Gasteiger partial charge in [0.2, 0.25) is 0 Å². The summed E-state index contributed by atoms with van der Waals surface area (Å²) in [7, 11) is 0. The summed E-state index contributed by atoms with van der Waals surface area (Å²) < 4.78 is 5.38. The lowest BCUT2D eigenvalue weighted by molar-refractivity contribution is 0.0951. The van der Waals surface area contributed by atoms with E-state index in [9.17, 15) is 4.79 Å². The largest absolute Gasteiger partial charge is 0.492 e. The van der Waals surface area contributed by atoms with E-state index in [1.54, 1.807) is 12.1 Å². The van der Waals surface area contributed by atoms with Crippen molar-refractivity contribution in [1.29, 1.82) is 0 Å². The maximum Gasteiger partial charge on any atom is 0.168 e. The minimum Gasteiger partial charge on any atom is -0.492 e. The number of rotatable bonds is 4. The zero-order valence-corrected chi connectivity index (χ0v) is 12.3. The van der Waals surface area contributed by atoms with E-state index in [2.05, 4.69) is 0 Å². The van der Waals surface area contributed by atoms with Crippen molar-refractivity contribution >= 4 is 29.0 Å². The van der Waals surface area contributed by atoms with E-state index in [1.807, 2.05) is 6.92 Å². The highest BCUT2D eigenvalue weighted by Gasteiger charge is 2.56. The number of halogens is 2. The summed E-state index contributed by atoms with van der Waals surface area (Å²) in [5.41, 5.74) is 0.550. The number of fused-ring (bicyclic) bond motifs is 1. The predicted octanol–water partition coefficient (Wildman–Crippen LogP) is 4.62. The third kappa shape index (κ3) is 2.25. The molecular weight excluding hydrogens is 283 g/mol. The lowest BCUT2D eigenvalue weighted by Gasteiger charge is -2.10. The fourth-order valence-corrected chi connectivity index (χ4v) is 3.84. The molecule has 0 amide bonds. The quantitative estimate of drug-likeness (QED) is 0.758. The maximum absolute atomic E-state index is 12.5. The van der Waals surface area contributed by atoms with E-state index in [-0.39, 0.29) is 11.7 Å². The molecule has 1 aromatic rings. The van der Waals surface area contributed by atoms with E-state index in [0.717, 1.165) is 0 Å². The number of ether oxygens (including phenoxy) is 1. The monoisotopic (exact) mass is 298 g/mol. The zero-order valence-electron chi connectivity index (χ0n) is 10.8. The second-order valence-electron chi connectivity index (χ2n) is 5.34. The molecule has 2 saturated carbocycles. The third-order valence-electron chi connectivity index (χ3n) is 4.30. The molecule has 0 N–H and O–H groups in total. The summed E-state index contributed by atoms with van der Waals surface area (Å²) in [5, 5.41) is 0.906. The number of carbonyl (C=O) groups excluding carboxylic acids is 1. The maximum atomic E-state index is 12.5. The molecule has 0 radical (unpaired) electrons. The molecule has 1 aromatic carbocycles. The number of hydrogen-bond acceptors (Lipinski definition) is 2. The average Bonchev–Trinajstić information content (AvgIpc) is 2.86. The molecule has 2 aliphatic rings. The minimum absolute atomic E-state index is 0.157. The van der Waals surface area contributed by atoms with Crippen LogP contribution in [0.1, 0.15) is 36.5 Å². The van der Waals surface area contributed by atoms with Crippen molar-refractivity contribution < 1.29 is 9.53 Å². The Morgan fingerprint density at radius 1 is 1.26 bits per heavy atom. The summed E-state index contributed by atoms with van der Waals surface area (Å²) in [4.78, 5) is 12.5. The van der Waals surface area contributed by atoms with Gasteiger partial charge >= 0.3 is 0 Å². The highest BCUT2D eigenvalue weighted by molar-refractivity contribution is 6.37. The second kappa shape index (κ2) is 4.99. The van der Waals surface area contributed by atoms with Crippen LogP contribution in [0, 0.1) is 17.8 Å². The van der Waals surface area contributed by atoms with Crippen LogP contribution in [0.25, 0.3) is 0 Å². The van der Waals surface area contributed by atoms with Gasteiger partial charge < -0.3 is 4.74 Å². The van der Waals surface area contributed by atoms with E-state index < -0.39 is 0 Å². The molecule has 2 nitrogen and oxygen atoms in total. The Morgan fingerprint density at radius 3 is 2.58 bits per heavy atom. The first kappa shape index (κ1) is 13.3. The summed E-state index contributed by atoms with van der Waals surface area (Å²) in [6.07, 6.45) is 3.63. The van der Waals surface area contributed by atoms with Crippen molar-refractivity contribution in [3.8, 4) is 5.75 Å². The zero-order chi connectivity index (χ0) is 13.6. The first-order valence-corrected chi connectivity index (χ1v) is 7.55. The predicted molar refractivity (Wildman–Crippen MR) is 76.3 cm³/mol. The Morgan fingerprint density at radius 2 is 1.95 bits per heavy atom. The summed E-state index contributed by atoms with van der Waals surface area (Å²) in [6.45, 7) is 2.41. The van der Waals surface area contributed by atoms with Gasteiger partial charge in [-0.2, -0.15) is 0 Å². The van der Waals surface area contributed by atoms with Crippen molar-refractivity contribution in [3.05, 3.63) is 27.7 Å². The highest BCUT2D eigenvalue weighted by atomic mass is 35.5. The Balaban J connectivity index is 1.85. The van der Waals surface area contributed by atoms with Gasteiger partial charge in [0.05, 0.1) is 16.7 Å². The van der Waals surface area contributed by atoms with Crippen LogP contribution in [0.3, 0.4) is 0 Å². The average molecular weight is 299 g/mol. The molecule has 3 rings (SSSR count). The second-order valence-corrected chi connectivity index (χ2v) is 6.16. The van der Waals surface area contributed by atoms with E-state index in [4.69, 9.17) is 27.9 Å². The number of hydrogen-bond donors (Lipinski definition) is 0. The molecule has 2 aliphatic carbocycles. The van der Waals surface area contributed by atoms with Crippen molar-refractivity contribution in [2.45, 2.75) is 26.2 Å². The first-order valence-electron chi connectivity index (χ1n) is 6.79. The van der Waals surface area contributed by atoms with E-state index >= 15 is 0 Å². The Bertz CT molecular complexity index is 517. The van der Waals surface area contributed by atoms with Gasteiger partial charge in [-0.3, -0.25) is 4.79 Å². The third-order valence-corrected chi connectivity index (χ3v) is 4.90. The molecule has 0 saturated heterocycles. The number of benzene rings is 1. The Hall–Kier alpha value is -0.730. The number of Topliss-reactive ketones (excluding diaryl/α,β-unsaturated/α-hetero) is 1. The van der Waals surface area contributed by atoms with Gasteiger partial charge in [-0.05, 0) is 37.7 Å². The Labute approximate surface area is 123 Å². The highest BCUT2D eigenvalue weighted by Crippen LogP contribution is 2.59. The fourth-order valence-electron chi connectivity index (χ4n) is 3.37. The van der Waals surface area contributed by atoms with Crippen LogP contribution < -0.4 is 4.74 Å².